The first-order chi connectivity index (χ1) is 9.70. The van der Waals surface area contributed by atoms with Gasteiger partial charge in [-0.05, 0) is 62.1 Å². The molecule has 106 valence electrons. The van der Waals surface area contributed by atoms with Crippen molar-refractivity contribution in [3.8, 4) is 5.75 Å². The van der Waals surface area contributed by atoms with Crippen molar-refractivity contribution in [1.29, 1.82) is 0 Å². The van der Waals surface area contributed by atoms with Crippen LogP contribution >= 0.6 is 0 Å². The lowest BCUT2D eigenvalue weighted by Gasteiger charge is -2.07. The third-order valence-electron chi connectivity index (χ3n) is 3.72. The second kappa shape index (κ2) is 5.71. The molecule has 3 nitrogen and oxygen atoms in total. The Morgan fingerprint density at radius 3 is 2.65 bits per heavy atom. The van der Waals surface area contributed by atoms with Crippen molar-refractivity contribution in [3.63, 3.8) is 0 Å². The zero-order chi connectivity index (χ0) is 13.9. The molecular formula is C17H21NO2. The maximum absolute atomic E-state index is 5.76. The maximum atomic E-state index is 5.76. The van der Waals surface area contributed by atoms with Crippen molar-refractivity contribution in [2.24, 2.45) is 0 Å². The molecule has 1 heterocycles. The Labute approximate surface area is 119 Å². The highest BCUT2D eigenvalue weighted by molar-refractivity contribution is 5.33. The minimum Gasteiger partial charge on any atom is -0.486 e. The summed E-state index contributed by atoms with van der Waals surface area (Å²) in [6.45, 7) is 5.49. The molecule has 20 heavy (non-hydrogen) atoms. The number of hydrogen-bond acceptors (Lipinski definition) is 3. The van der Waals surface area contributed by atoms with Crippen LogP contribution in [0, 0.1) is 13.8 Å². The van der Waals surface area contributed by atoms with Crippen LogP contribution < -0.4 is 10.1 Å². The van der Waals surface area contributed by atoms with Crippen LogP contribution in [0.2, 0.25) is 0 Å². The van der Waals surface area contributed by atoms with E-state index < -0.39 is 0 Å². The van der Waals surface area contributed by atoms with E-state index in [1.807, 2.05) is 18.2 Å². The molecule has 1 aliphatic carbocycles. The fraction of sp³-hybridized carbons (Fsp3) is 0.412. The number of rotatable bonds is 6. The summed E-state index contributed by atoms with van der Waals surface area (Å²) in [7, 11) is 0. The van der Waals surface area contributed by atoms with Gasteiger partial charge in [-0.1, -0.05) is 6.07 Å². The number of furan rings is 1. The molecule has 1 fully saturated rings. The van der Waals surface area contributed by atoms with E-state index in [1.165, 1.54) is 24.0 Å². The Hall–Kier alpha value is -1.74. The zero-order valence-corrected chi connectivity index (χ0v) is 12.1. The van der Waals surface area contributed by atoms with Crippen LogP contribution in [0.15, 0.2) is 34.7 Å². The summed E-state index contributed by atoms with van der Waals surface area (Å²) in [5.41, 5.74) is 2.53. The summed E-state index contributed by atoms with van der Waals surface area (Å²) in [5.74, 6) is 2.74. The summed E-state index contributed by atoms with van der Waals surface area (Å²) in [5, 5.41) is 3.44. The van der Waals surface area contributed by atoms with E-state index in [0.29, 0.717) is 12.6 Å². The predicted molar refractivity (Wildman–Crippen MR) is 78.8 cm³/mol. The molecule has 0 radical (unpaired) electrons. The van der Waals surface area contributed by atoms with Gasteiger partial charge in [0.15, 0.2) is 0 Å². The predicted octanol–water partition coefficient (Wildman–Crippen LogP) is 3.73. The van der Waals surface area contributed by atoms with E-state index in [9.17, 15) is 0 Å². The molecule has 0 unspecified atom stereocenters. The minimum atomic E-state index is 0.478. The van der Waals surface area contributed by atoms with Crippen LogP contribution in [0.25, 0.3) is 0 Å². The van der Waals surface area contributed by atoms with E-state index in [-0.39, 0.29) is 0 Å². The van der Waals surface area contributed by atoms with E-state index in [2.05, 4.69) is 31.3 Å². The average molecular weight is 271 g/mol. The highest BCUT2D eigenvalue weighted by atomic mass is 16.5. The van der Waals surface area contributed by atoms with Crippen LogP contribution in [0.5, 0.6) is 5.75 Å². The quantitative estimate of drug-likeness (QED) is 0.869. The molecule has 1 aromatic carbocycles. The molecule has 0 spiro atoms. The Balaban J connectivity index is 1.53. The third-order valence-corrected chi connectivity index (χ3v) is 3.72. The van der Waals surface area contributed by atoms with E-state index >= 15 is 0 Å². The number of aryl methyl sites for hydroxylation is 2. The Bertz CT molecular complexity index is 584. The molecule has 3 heteroatoms. The van der Waals surface area contributed by atoms with Gasteiger partial charge in [0.05, 0.1) is 6.54 Å². The van der Waals surface area contributed by atoms with Crippen molar-refractivity contribution >= 4 is 0 Å². The maximum Gasteiger partial charge on any atom is 0.146 e. The fourth-order valence-corrected chi connectivity index (χ4v) is 2.09. The molecule has 0 atom stereocenters. The normalized spacial score (nSPS) is 14.5. The van der Waals surface area contributed by atoms with Gasteiger partial charge in [-0.3, -0.25) is 0 Å². The average Bonchev–Trinajstić information content (AvgIpc) is 3.16. The van der Waals surface area contributed by atoms with Gasteiger partial charge in [-0.15, -0.1) is 0 Å². The summed E-state index contributed by atoms with van der Waals surface area (Å²) >= 11 is 0. The molecular weight excluding hydrogens is 250 g/mol. The number of hydrogen-bond donors (Lipinski definition) is 1. The molecule has 0 amide bonds. The molecule has 1 aliphatic rings. The molecule has 0 saturated heterocycles. The first-order valence-electron chi connectivity index (χ1n) is 7.22. The van der Waals surface area contributed by atoms with Crippen LogP contribution in [-0.4, -0.2) is 6.04 Å². The molecule has 1 aromatic heterocycles. The van der Waals surface area contributed by atoms with Crippen LogP contribution in [-0.2, 0) is 13.2 Å². The molecule has 3 rings (SSSR count). The van der Waals surface area contributed by atoms with Gasteiger partial charge in [0.1, 0.15) is 23.9 Å². The fourth-order valence-electron chi connectivity index (χ4n) is 2.09. The first kappa shape index (κ1) is 13.3. The topological polar surface area (TPSA) is 34.4 Å². The highest BCUT2D eigenvalue weighted by Crippen LogP contribution is 2.21. The first-order valence-corrected chi connectivity index (χ1v) is 7.22. The van der Waals surface area contributed by atoms with Crippen molar-refractivity contribution < 1.29 is 9.15 Å². The molecule has 1 N–H and O–H groups in total. The summed E-state index contributed by atoms with van der Waals surface area (Å²) in [6, 6.07) is 10.9. The summed E-state index contributed by atoms with van der Waals surface area (Å²) < 4.78 is 11.5. The SMILES string of the molecule is Cc1ccc(OCc2ccc(CNC3CC3)o2)cc1C. The molecule has 1 saturated carbocycles. The van der Waals surface area contributed by atoms with Gasteiger partial charge < -0.3 is 14.5 Å². The standard InChI is InChI=1S/C17H21NO2/c1-12-3-6-15(9-13(12)2)19-11-17-8-7-16(20-17)10-18-14-4-5-14/h3,6-9,14,18H,4-5,10-11H2,1-2H3. The summed E-state index contributed by atoms with van der Waals surface area (Å²) in [6.07, 6.45) is 2.59. The van der Waals surface area contributed by atoms with Gasteiger partial charge in [0, 0.05) is 6.04 Å². The molecule has 2 aromatic rings. The van der Waals surface area contributed by atoms with Gasteiger partial charge in [0.2, 0.25) is 0 Å². The van der Waals surface area contributed by atoms with Crippen molar-refractivity contribution in [2.45, 2.75) is 45.9 Å². The smallest absolute Gasteiger partial charge is 0.146 e. The Morgan fingerprint density at radius 1 is 1.10 bits per heavy atom. The molecule has 0 aliphatic heterocycles. The van der Waals surface area contributed by atoms with E-state index in [1.54, 1.807) is 0 Å². The lowest BCUT2D eigenvalue weighted by Crippen LogP contribution is -2.14. The highest BCUT2D eigenvalue weighted by Gasteiger charge is 2.20. The van der Waals surface area contributed by atoms with Gasteiger partial charge in [0.25, 0.3) is 0 Å². The minimum absolute atomic E-state index is 0.478. The van der Waals surface area contributed by atoms with Crippen molar-refractivity contribution in [3.05, 3.63) is 53.0 Å². The van der Waals surface area contributed by atoms with Crippen molar-refractivity contribution in [2.75, 3.05) is 0 Å². The number of ether oxygens (including phenoxy) is 1. The molecule has 0 bridgehead atoms. The number of nitrogens with one attached hydrogen (secondary N) is 1. The second-order valence-corrected chi connectivity index (χ2v) is 5.56. The Morgan fingerprint density at radius 2 is 1.90 bits per heavy atom. The van der Waals surface area contributed by atoms with Crippen molar-refractivity contribution in [1.82, 2.24) is 5.32 Å². The lowest BCUT2D eigenvalue weighted by molar-refractivity contribution is 0.265. The Kier molecular flexibility index (Phi) is 3.79. The zero-order valence-electron chi connectivity index (χ0n) is 12.1. The van der Waals surface area contributed by atoms with Gasteiger partial charge >= 0.3 is 0 Å². The van der Waals surface area contributed by atoms with Crippen LogP contribution in [0.3, 0.4) is 0 Å². The summed E-state index contributed by atoms with van der Waals surface area (Å²) in [4.78, 5) is 0. The van der Waals surface area contributed by atoms with Crippen LogP contribution in [0.1, 0.15) is 35.5 Å². The van der Waals surface area contributed by atoms with Crippen LogP contribution in [0.4, 0.5) is 0 Å². The van der Waals surface area contributed by atoms with Gasteiger partial charge in [-0.25, -0.2) is 0 Å². The lowest BCUT2D eigenvalue weighted by atomic mass is 10.1. The number of benzene rings is 1. The third kappa shape index (κ3) is 3.42. The van der Waals surface area contributed by atoms with E-state index in [0.717, 1.165) is 23.8 Å². The van der Waals surface area contributed by atoms with E-state index in [4.69, 9.17) is 9.15 Å². The van der Waals surface area contributed by atoms with Gasteiger partial charge in [-0.2, -0.15) is 0 Å². The largest absolute Gasteiger partial charge is 0.486 e. The monoisotopic (exact) mass is 271 g/mol. The second-order valence-electron chi connectivity index (χ2n) is 5.56.